The molecular weight excluding hydrogens is 422 g/mol. The van der Waals surface area contributed by atoms with Crippen molar-refractivity contribution in [1.29, 1.82) is 0 Å². The molecule has 3 aromatic rings. The first kappa shape index (κ1) is 22.0. The van der Waals surface area contributed by atoms with Crippen LogP contribution >= 0.6 is 0 Å². The molecule has 10 nitrogen and oxygen atoms in total. The van der Waals surface area contributed by atoms with Crippen LogP contribution in [0, 0.1) is 18.3 Å². The molecule has 0 spiro atoms. The summed E-state index contributed by atoms with van der Waals surface area (Å²) in [5, 5.41) is 31.0. The second-order valence-corrected chi connectivity index (χ2v) is 7.55. The summed E-state index contributed by atoms with van der Waals surface area (Å²) in [6, 6.07) is 8.77. The third-order valence-electron chi connectivity index (χ3n) is 5.21. The summed E-state index contributed by atoms with van der Waals surface area (Å²) in [7, 11) is 1.49. The normalized spacial score (nSPS) is 12.6. The van der Waals surface area contributed by atoms with E-state index in [1.807, 2.05) is 12.1 Å². The molecule has 1 fully saturated rings. The smallest absolute Gasteiger partial charge is 0.273 e. The van der Waals surface area contributed by atoms with Gasteiger partial charge in [-0.3, -0.25) is 14.3 Å². The van der Waals surface area contributed by atoms with Gasteiger partial charge < -0.3 is 21.1 Å². The van der Waals surface area contributed by atoms with Crippen molar-refractivity contribution in [3.8, 4) is 23.6 Å². The van der Waals surface area contributed by atoms with Crippen LogP contribution < -0.4 is 16.0 Å². The minimum absolute atomic E-state index is 0.00576. The molecule has 10 heteroatoms. The molecule has 1 aromatic carbocycles. The Morgan fingerprint density at radius 2 is 2.06 bits per heavy atom. The van der Waals surface area contributed by atoms with Crippen LogP contribution in [-0.4, -0.2) is 43.9 Å². The van der Waals surface area contributed by atoms with Crippen molar-refractivity contribution in [2.75, 3.05) is 17.7 Å². The number of aromatic nitrogens is 4. The van der Waals surface area contributed by atoms with Gasteiger partial charge in [0.05, 0.1) is 18.0 Å². The first-order valence-electron chi connectivity index (χ1n) is 10.4. The first-order valence-corrected chi connectivity index (χ1v) is 10.4. The fourth-order valence-corrected chi connectivity index (χ4v) is 3.35. The Hall–Kier alpha value is -4.23. The zero-order chi connectivity index (χ0) is 23.4. The Morgan fingerprint density at radius 1 is 1.24 bits per heavy atom. The van der Waals surface area contributed by atoms with Crippen LogP contribution in [0.1, 0.15) is 28.9 Å². The minimum atomic E-state index is -0.445. The molecule has 0 unspecified atom stereocenters. The molecule has 0 radical (unpaired) electrons. The van der Waals surface area contributed by atoms with Gasteiger partial charge in [0.25, 0.3) is 5.91 Å². The number of hydrogen-bond donors (Lipinski definition) is 4. The molecule has 0 saturated heterocycles. The summed E-state index contributed by atoms with van der Waals surface area (Å²) in [5.74, 6) is 2.19. The summed E-state index contributed by atoms with van der Waals surface area (Å²) in [6.45, 7) is 0.0551. The number of aliphatic hydroxyl groups excluding tert-OH is 1. The molecule has 2 aromatic heterocycles. The maximum Gasteiger partial charge on any atom is 0.273 e. The summed E-state index contributed by atoms with van der Waals surface area (Å²) in [5.41, 5.74) is 2.87. The number of anilines is 3. The Morgan fingerprint density at radius 3 is 2.76 bits per heavy atom. The van der Waals surface area contributed by atoms with Gasteiger partial charge in [-0.05, 0) is 25.0 Å². The van der Waals surface area contributed by atoms with E-state index in [2.05, 4.69) is 37.2 Å². The van der Waals surface area contributed by atoms with Gasteiger partial charge in [0.15, 0.2) is 11.5 Å². The third kappa shape index (κ3) is 4.83. The molecule has 1 aliphatic carbocycles. The van der Waals surface area contributed by atoms with Crippen LogP contribution in [0.3, 0.4) is 0 Å². The fraction of sp³-hybridized carbons (Fsp3) is 0.261. The molecule has 4 N–H and O–H groups in total. The van der Waals surface area contributed by atoms with E-state index in [4.69, 9.17) is 6.42 Å². The highest BCUT2D eigenvalue weighted by Crippen LogP contribution is 2.33. The fourth-order valence-electron chi connectivity index (χ4n) is 3.35. The van der Waals surface area contributed by atoms with Crippen molar-refractivity contribution in [3.63, 3.8) is 0 Å². The molecule has 168 valence electrons. The van der Waals surface area contributed by atoms with Crippen molar-refractivity contribution in [1.82, 2.24) is 25.3 Å². The van der Waals surface area contributed by atoms with E-state index in [0.717, 1.165) is 12.8 Å². The van der Waals surface area contributed by atoms with Gasteiger partial charge in [-0.2, -0.15) is 5.10 Å². The SMILES string of the molecule is C#CCn1ccc(-c2cccc(Nc3cc(NC(=O)C4CC4)nnc3C(=O)NC)c2CO)n1. The van der Waals surface area contributed by atoms with E-state index in [1.165, 1.54) is 7.05 Å². The van der Waals surface area contributed by atoms with Crippen molar-refractivity contribution in [2.24, 2.45) is 5.92 Å². The molecule has 0 aliphatic heterocycles. The molecular formula is C23H23N7O3. The third-order valence-corrected chi connectivity index (χ3v) is 5.21. The zero-order valence-corrected chi connectivity index (χ0v) is 18.0. The number of nitrogens with zero attached hydrogens (tertiary/aromatic N) is 4. The van der Waals surface area contributed by atoms with Crippen molar-refractivity contribution in [2.45, 2.75) is 26.0 Å². The van der Waals surface area contributed by atoms with Crippen LogP contribution in [0.2, 0.25) is 0 Å². The average Bonchev–Trinajstić information content (AvgIpc) is 3.58. The summed E-state index contributed by atoms with van der Waals surface area (Å²) >= 11 is 0. The first-order chi connectivity index (χ1) is 16.0. The lowest BCUT2D eigenvalue weighted by Gasteiger charge is -2.16. The van der Waals surface area contributed by atoms with E-state index in [1.54, 1.807) is 29.1 Å². The number of nitrogens with one attached hydrogen (secondary N) is 3. The minimum Gasteiger partial charge on any atom is -0.392 e. The summed E-state index contributed by atoms with van der Waals surface area (Å²) in [6.07, 6.45) is 8.83. The quantitative estimate of drug-likeness (QED) is 0.389. The highest BCUT2D eigenvalue weighted by Gasteiger charge is 2.30. The molecule has 1 aliphatic rings. The lowest BCUT2D eigenvalue weighted by molar-refractivity contribution is -0.117. The number of carbonyl (C=O) groups excluding carboxylic acids is 2. The molecule has 0 bridgehead atoms. The lowest BCUT2D eigenvalue weighted by Crippen LogP contribution is -2.22. The monoisotopic (exact) mass is 445 g/mol. The Balaban J connectivity index is 1.70. The number of hydrogen-bond acceptors (Lipinski definition) is 7. The molecule has 0 atom stereocenters. The highest BCUT2D eigenvalue weighted by atomic mass is 16.3. The largest absolute Gasteiger partial charge is 0.392 e. The van der Waals surface area contributed by atoms with Gasteiger partial charge in [0.2, 0.25) is 5.91 Å². The second-order valence-electron chi connectivity index (χ2n) is 7.55. The maximum atomic E-state index is 12.4. The predicted octanol–water partition coefficient (Wildman–Crippen LogP) is 1.92. The van der Waals surface area contributed by atoms with Crippen LogP contribution in [0.25, 0.3) is 11.3 Å². The molecule has 4 rings (SSSR count). The zero-order valence-electron chi connectivity index (χ0n) is 18.0. The number of terminal acetylenes is 1. The molecule has 33 heavy (non-hydrogen) atoms. The van der Waals surface area contributed by atoms with Crippen LogP contribution in [0.5, 0.6) is 0 Å². The summed E-state index contributed by atoms with van der Waals surface area (Å²) < 4.78 is 1.63. The van der Waals surface area contributed by atoms with E-state index in [0.29, 0.717) is 34.7 Å². The lowest BCUT2D eigenvalue weighted by atomic mass is 10.0. The number of aliphatic hydroxyl groups is 1. The highest BCUT2D eigenvalue weighted by molar-refractivity contribution is 5.99. The number of amides is 2. The second kappa shape index (κ2) is 9.50. The predicted molar refractivity (Wildman–Crippen MR) is 122 cm³/mol. The van der Waals surface area contributed by atoms with Gasteiger partial charge in [-0.1, -0.05) is 18.1 Å². The van der Waals surface area contributed by atoms with Crippen molar-refractivity contribution >= 4 is 29.0 Å². The van der Waals surface area contributed by atoms with E-state index >= 15 is 0 Å². The van der Waals surface area contributed by atoms with Gasteiger partial charge in [0, 0.05) is 42.0 Å². The van der Waals surface area contributed by atoms with Gasteiger partial charge in [-0.15, -0.1) is 16.6 Å². The number of carbonyl (C=O) groups is 2. The number of rotatable bonds is 8. The Kier molecular flexibility index (Phi) is 6.33. The standard InChI is InChI=1S/C23H23N7O3/c1-3-10-30-11-9-18(29-30)15-5-4-6-17(16(15)13-31)25-19-12-20(26-22(32)14-7-8-14)27-28-21(19)23(33)24-2/h1,4-6,9,11-12,14,31H,7-8,10,13H2,2H3,(H,24,33)(H2,25,26,27,32). The topological polar surface area (TPSA) is 134 Å². The van der Waals surface area contributed by atoms with Crippen molar-refractivity contribution < 1.29 is 14.7 Å². The Labute approximate surface area is 190 Å². The maximum absolute atomic E-state index is 12.4. The Bertz CT molecular complexity index is 1240. The van der Waals surface area contributed by atoms with Gasteiger partial charge in [-0.25, -0.2) is 0 Å². The molecule has 2 amide bonds. The van der Waals surface area contributed by atoms with Gasteiger partial charge >= 0.3 is 0 Å². The van der Waals surface area contributed by atoms with Crippen LogP contribution in [0.4, 0.5) is 17.2 Å². The van der Waals surface area contributed by atoms with Gasteiger partial charge in [0.1, 0.15) is 6.54 Å². The summed E-state index contributed by atoms with van der Waals surface area (Å²) in [4.78, 5) is 24.5. The average molecular weight is 445 g/mol. The van der Waals surface area contributed by atoms with Crippen LogP contribution in [-0.2, 0) is 17.9 Å². The number of benzene rings is 1. The van der Waals surface area contributed by atoms with E-state index in [9.17, 15) is 14.7 Å². The van der Waals surface area contributed by atoms with E-state index in [-0.39, 0.29) is 29.9 Å². The molecule has 2 heterocycles. The molecule has 1 saturated carbocycles. The van der Waals surface area contributed by atoms with E-state index < -0.39 is 5.91 Å². The van der Waals surface area contributed by atoms with Crippen molar-refractivity contribution in [3.05, 3.63) is 47.8 Å². The van der Waals surface area contributed by atoms with Crippen LogP contribution in [0.15, 0.2) is 36.5 Å².